The zero-order valence-electron chi connectivity index (χ0n) is 16.2. The van der Waals surface area contributed by atoms with Gasteiger partial charge in [0.2, 0.25) is 17.1 Å². The fourth-order valence-electron chi connectivity index (χ4n) is 4.70. The Bertz CT molecular complexity index is 1040. The topological polar surface area (TPSA) is 119 Å². The molecule has 0 saturated carbocycles. The van der Waals surface area contributed by atoms with E-state index < -0.39 is 18.0 Å². The van der Waals surface area contributed by atoms with E-state index in [9.17, 15) is 24.6 Å². The number of carboxylic acid groups (broad SMARTS) is 1. The number of thiazole rings is 1. The Morgan fingerprint density at radius 2 is 2.21 bits per heavy atom. The summed E-state index contributed by atoms with van der Waals surface area (Å²) in [5, 5.41) is 26.5. The molecule has 1 fully saturated rings. The van der Waals surface area contributed by atoms with Gasteiger partial charge in [0.25, 0.3) is 5.82 Å². The first kappa shape index (κ1) is 19.6. The van der Waals surface area contributed by atoms with Crippen LogP contribution in [0.5, 0.6) is 0 Å². The molecule has 4 heterocycles. The molecule has 10 heteroatoms. The molecule has 1 saturated heterocycles. The Morgan fingerprint density at radius 1 is 1.48 bits per heavy atom. The number of rotatable bonds is 7. The molecular formula is C19H22N4O5S. The molecule has 0 aromatic carbocycles. The first-order chi connectivity index (χ1) is 13.8. The second-order valence-electron chi connectivity index (χ2n) is 7.65. The van der Waals surface area contributed by atoms with Gasteiger partial charge in [0.1, 0.15) is 25.0 Å². The summed E-state index contributed by atoms with van der Waals surface area (Å²) in [4.78, 5) is 37.6. The molecule has 5 atom stereocenters. The van der Waals surface area contributed by atoms with Crippen molar-refractivity contribution in [1.29, 1.82) is 0 Å². The quantitative estimate of drug-likeness (QED) is 0.338. The predicted molar refractivity (Wildman–Crippen MR) is 100 cm³/mol. The predicted octanol–water partition coefficient (Wildman–Crippen LogP) is -1.04. The van der Waals surface area contributed by atoms with Gasteiger partial charge in [-0.1, -0.05) is 18.3 Å². The Labute approximate surface area is 170 Å². The number of aromatic nitrogens is 2. The Morgan fingerprint density at radius 3 is 2.83 bits per heavy atom. The monoisotopic (exact) mass is 418 g/mol. The van der Waals surface area contributed by atoms with Crippen molar-refractivity contribution in [3.05, 3.63) is 34.9 Å². The van der Waals surface area contributed by atoms with E-state index in [4.69, 9.17) is 0 Å². The summed E-state index contributed by atoms with van der Waals surface area (Å²) in [7, 11) is 0. The summed E-state index contributed by atoms with van der Waals surface area (Å²) in [5.41, 5.74) is 0.475. The van der Waals surface area contributed by atoms with Gasteiger partial charge in [0.15, 0.2) is 0 Å². The van der Waals surface area contributed by atoms with E-state index >= 15 is 0 Å². The van der Waals surface area contributed by atoms with Crippen LogP contribution in [-0.2, 0) is 20.9 Å². The van der Waals surface area contributed by atoms with E-state index in [1.54, 1.807) is 6.92 Å². The first-order valence-electron chi connectivity index (χ1n) is 9.41. The van der Waals surface area contributed by atoms with Gasteiger partial charge >= 0.3 is 0 Å². The van der Waals surface area contributed by atoms with Gasteiger partial charge in [0.05, 0.1) is 29.7 Å². The lowest BCUT2D eigenvalue weighted by molar-refractivity contribution is -0.520. The number of imidazole rings is 1. The summed E-state index contributed by atoms with van der Waals surface area (Å²) in [6, 6.07) is -0.694. The maximum absolute atomic E-state index is 12.5. The number of carbonyl (C=O) groups is 3. The molecular weight excluding hydrogens is 396 g/mol. The zero-order valence-corrected chi connectivity index (χ0v) is 17.0. The van der Waals surface area contributed by atoms with Crippen molar-refractivity contribution >= 4 is 34.5 Å². The largest absolute Gasteiger partial charge is 0.543 e. The van der Waals surface area contributed by atoms with Crippen LogP contribution in [0.4, 0.5) is 0 Å². The van der Waals surface area contributed by atoms with Crippen LogP contribution in [0.2, 0.25) is 0 Å². The SMILES string of the molecule is C[C@@H](NC=O)c1n(CC2=C(C(=O)[O-])N3C(=O)[C@H]([C@@H](C)O)[C@H]3[C@H]2C)cc2scc[n+]12. The standard InChI is InChI=1S/C19H22N4O5S/c1-9-12(16(19(27)28)23-15(9)14(11(3)25)18(23)26)6-21-7-13-22(4-5-29-13)17(21)10(2)20-8-24/h4-5,7-11,14-15,25H,6H2,1-3H3,(H-,20,24,27,28)/t9-,10+,11+,14+,15+/m0/s1. The van der Waals surface area contributed by atoms with Gasteiger partial charge in [-0.05, 0) is 13.8 Å². The minimum Gasteiger partial charge on any atom is -0.543 e. The third-order valence-electron chi connectivity index (χ3n) is 6.00. The van der Waals surface area contributed by atoms with Crippen molar-refractivity contribution in [3.63, 3.8) is 0 Å². The fraction of sp³-hybridized carbons (Fsp3) is 0.474. The minimum atomic E-state index is -1.39. The highest BCUT2D eigenvalue weighted by molar-refractivity contribution is 7.14. The van der Waals surface area contributed by atoms with Crippen molar-refractivity contribution in [1.82, 2.24) is 14.8 Å². The van der Waals surface area contributed by atoms with Crippen molar-refractivity contribution in [2.45, 2.75) is 45.5 Å². The maximum Gasteiger partial charge on any atom is 0.285 e. The number of carboxylic acids is 1. The van der Waals surface area contributed by atoms with Gasteiger partial charge < -0.3 is 25.2 Å². The number of aliphatic carboxylic acids is 1. The highest BCUT2D eigenvalue weighted by Gasteiger charge is 2.58. The van der Waals surface area contributed by atoms with Crippen LogP contribution in [0.3, 0.4) is 0 Å². The molecule has 2 aromatic heterocycles. The van der Waals surface area contributed by atoms with E-state index in [1.807, 2.05) is 40.6 Å². The van der Waals surface area contributed by atoms with Crippen LogP contribution in [0.1, 0.15) is 32.6 Å². The second-order valence-corrected chi connectivity index (χ2v) is 8.57. The number of nitrogens with zero attached hydrogens (tertiary/aromatic N) is 3. The molecule has 9 nitrogen and oxygen atoms in total. The summed E-state index contributed by atoms with van der Waals surface area (Å²) in [6.45, 7) is 5.50. The normalized spacial score (nSPS) is 25.7. The van der Waals surface area contributed by atoms with Crippen LogP contribution in [0.25, 0.3) is 4.83 Å². The van der Waals surface area contributed by atoms with Gasteiger partial charge in [-0.25, -0.2) is 4.57 Å². The highest BCUT2D eigenvalue weighted by atomic mass is 32.1. The number of hydrogen-bond acceptors (Lipinski definition) is 6. The number of aliphatic hydroxyl groups is 1. The number of fused-ring (bicyclic) bond motifs is 2. The van der Waals surface area contributed by atoms with Gasteiger partial charge in [-0.15, -0.1) is 0 Å². The lowest BCUT2D eigenvalue weighted by atomic mass is 9.78. The third-order valence-corrected chi connectivity index (χ3v) is 6.80. The van der Waals surface area contributed by atoms with Gasteiger partial charge in [-0.3, -0.25) is 9.59 Å². The number of carbonyl (C=O) groups excluding carboxylic acids is 3. The fourth-order valence-corrected chi connectivity index (χ4v) is 5.48. The summed E-state index contributed by atoms with van der Waals surface area (Å²) in [5.74, 6) is -1.85. The molecule has 2 aliphatic heterocycles. The van der Waals surface area contributed by atoms with E-state index in [0.717, 1.165) is 10.7 Å². The summed E-state index contributed by atoms with van der Waals surface area (Å²) in [6.07, 6.45) is 3.57. The Balaban J connectivity index is 1.77. The van der Waals surface area contributed by atoms with E-state index in [1.165, 1.54) is 16.2 Å². The Kier molecular flexibility index (Phi) is 4.70. The Hall–Kier alpha value is -2.72. The van der Waals surface area contributed by atoms with Crippen LogP contribution in [0, 0.1) is 11.8 Å². The lowest BCUT2D eigenvalue weighted by Gasteiger charge is -2.47. The molecule has 2 aliphatic rings. The second kappa shape index (κ2) is 6.96. The number of hydrogen-bond donors (Lipinski definition) is 2. The molecule has 2 aromatic rings. The molecule has 0 unspecified atom stereocenters. The number of amides is 2. The van der Waals surface area contributed by atoms with Crippen molar-refractivity contribution < 1.29 is 29.0 Å². The van der Waals surface area contributed by atoms with Crippen molar-refractivity contribution in [2.75, 3.05) is 0 Å². The van der Waals surface area contributed by atoms with E-state index in [-0.39, 0.29) is 36.2 Å². The number of nitrogens with one attached hydrogen (secondary N) is 1. The van der Waals surface area contributed by atoms with Gasteiger partial charge in [0, 0.05) is 16.9 Å². The minimum absolute atomic E-state index is 0.103. The molecule has 2 N–H and O–H groups in total. The maximum atomic E-state index is 12.5. The molecule has 0 aliphatic carbocycles. The van der Waals surface area contributed by atoms with Crippen LogP contribution >= 0.6 is 11.3 Å². The van der Waals surface area contributed by atoms with Crippen LogP contribution in [-0.4, -0.2) is 45.0 Å². The molecule has 29 heavy (non-hydrogen) atoms. The molecule has 0 spiro atoms. The molecule has 154 valence electrons. The number of aliphatic hydroxyl groups excluding tert-OH is 1. The van der Waals surface area contributed by atoms with E-state index in [2.05, 4.69) is 5.32 Å². The molecule has 0 radical (unpaired) electrons. The average molecular weight is 418 g/mol. The van der Waals surface area contributed by atoms with Crippen molar-refractivity contribution in [3.8, 4) is 0 Å². The smallest absolute Gasteiger partial charge is 0.285 e. The van der Waals surface area contributed by atoms with Gasteiger partial charge in [-0.2, -0.15) is 4.40 Å². The molecule has 4 rings (SSSR count). The van der Waals surface area contributed by atoms with Crippen LogP contribution < -0.4 is 14.8 Å². The highest BCUT2D eigenvalue weighted by Crippen LogP contribution is 2.47. The zero-order chi connectivity index (χ0) is 21.0. The summed E-state index contributed by atoms with van der Waals surface area (Å²) >= 11 is 1.53. The van der Waals surface area contributed by atoms with E-state index in [0.29, 0.717) is 12.0 Å². The van der Waals surface area contributed by atoms with Crippen molar-refractivity contribution in [2.24, 2.45) is 11.8 Å². The molecule has 2 amide bonds. The third kappa shape index (κ3) is 2.77. The molecule has 0 bridgehead atoms. The lowest BCUT2D eigenvalue weighted by Crippen LogP contribution is -2.64. The average Bonchev–Trinajstić information content (AvgIpc) is 3.27. The number of β-lactam (4-membered cyclic amide) rings is 1. The first-order valence-corrected chi connectivity index (χ1v) is 10.3. The summed E-state index contributed by atoms with van der Waals surface area (Å²) < 4.78 is 3.85. The van der Waals surface area contributed by atoms with Crippen LogP contribution in [0.15, 0.2) is 29.0 Å².